The molecule has 0 unspecified atom stereocenters. The first-order valence-electron chi connectivity index (χ1n) is 7.31. The second-order valence-electron chi connectivity index (χ2n) is 5.43. The van der Waals surface area contributed by atoms with Crippen LogP contribution in [0.4, 0.5) is 10.1 Å². The number of fused-ring (bicyclic) bond motifs is 1. The second-order valence-corrected chi connectivity index (χ2v) is 7.43. The van der Waals surface area contributed by atoms with Gasteiger partial charge in [-0.25, -0.2) is 12.8 Å². The van der Waals surface area contributed by atoms with E-state index in [4.69, 9.17) is 0 Å². The van der Waals surface area contributed by atoms with Crippen LogP contribution in [0.1, 0.15) is 15.9 Å². The summed E-state index contributed by atoms with van der Waals surface area (Å²) < 4.78 is 37.6. The van der Waals surface area contributed by atoms with Crippen molar-refractivity contribution in [2.75, 3.05) is 5.75 Å². The van der Waals surface area contributed by atoms with Gasteiger partial charge in [-0.2, -0.15) is 0 Å². The standard InChI is InChI=1S/C16H12FN3O5S/c17-11-4-5-15-13(9-11)14(6-7-26(15,24)25)18-19-16(21)10-2-1-3-12(8-10)20(22)23/h1-6,8-9,18H,7H2,(H,19,21). The van der Waals surface area contributed by atoms with E-state index in [2.05, 4.69) is 10.9 Å². The lowest BCUT2D eigenvalue weighted by atomic mass is 10.1. The molecule has 0 aromatic heterocycles. The average molecular weight is 377 g/mol. The van der Waals surface area contributed by atoms with Crippen molar-refractivity contribution in [2.45, 2.75) is 4.90 Å². The van der Waals surface area contributed by atoms with E-state index in [1.165, 1.54) is 24.3 Å². The largest absolute Gasteiger partial charge is 0.298 e. The molecular formula is C16H12FN3O5S. The molecule has 0 bridgehead atoms. The molecule has 1 amide bonds. The predicted molar refractivity (Wildman–Crippen MR) is 90.1 cm³/mol. The van der Waals surface area contributed by atoms with Crippen LogP contribution >= 0.6 is 0 Å². The molecule has 1 aliphatic rings. The number of nitrogens with one attached hydrogen (secondary N) is 2. The van der Waals surface area contributed by atoms with Crippen LogP contribution in [0.3, 0.4) is 0 Å². The van der Waals surface area contributed by atoms with E-state index >= 15 is 0 Å². The summed E-state index contributed by atoms with van der Waals surface area (Å²) in [7, 11) is -3.57. The van der Waals surface area contributed by atoms with Crippen molar-refractivity contribution >= 4 is 27.1 Å². The van der Waals surface area contributed by atoms with Gasteiger partial charge in [-0.15, -0.1) is 0 Å². The summed E-state index contributed by atoms with van der Waals surface area (Å²) >= 11 is 0. The molecule has 26 heavy (non-hydrogen) atoms. The van der Waals surface area contributed by atoms with Crippen molar-refractivity contribution in [3.05, 3.63) is 75.6 Å². The Morgan fingerprint density at radius 1 is 1.19 bits per heavy atom. The molecule has 0 aliphatic carbocycles. The lowest BCUT2D eigenvalue weighted by molar-refractivity contribution is -0.384. The minimum absolute atomic E-state index is 0.0372. The summed E-state index contributed by atoms with van der Waals surface area (Å²) in [4.78, 5) is 22.2. The molecule has 3 rings (SSSR count). The lowest BCUT2D eigenvalue weighted by Gasteiger charge is -2.19. The first-order chi connectivity index (χ1) is 12.3. The molecule has 0 spiro atoms. The molecule has 8 nitrogen and oxygen atoms in total. The molecule has 10 heteroatoms. The molecule has 0 saturated carbocycles. The number of hydrogen-bond acceptors (Lipinski definition) is 6. The van der Waals surface area contributed by atoms with E-state index in [9.17, 15) is 27.7 Å². The summed E-state index contributed by atoms with van der Waals surface area (Å²) in [5, 5.41) is 10.8. The fourth-order valence-corrected chi connectivity index (χ4v) is 3.80. The number of nitro benzene ring substituents is 1. The number of nitro groups is 1. The number of sulfone groups is 1. The number of nitrogens with zero attached hydrogens (tertiary/aromatic N) is 1. The van der Waals surface area contributed by atoms with Gasteiger partial charge in [0.1, 0.15) is 5.82 Å². The first kappa shape index (κ1) is 17.5. The van der Waals surface area contributed by atoms with Crippen LogP contribution in [0.2, 0.25) is 0 Å². The zero-order valence-electron chi connectivity index (χ0n) is 13.1. The van der Waals surface area contributed by atoms with Gasteiger partial charge in [0.15, 0.2) is 9.84 Å². The Hall–Kier alpha value is -3.27. The Morgan fingerprint density at radius 3 is 2.69 bits per heavy atom. The maximum atomic E-state index is 13.5. The molecule has 2 aromatic rings. The predicted octanol–water partition coefficient (Wildman–Crippen LogP) is 1.80. The Kier molecular flexibility index (Phi) is 4.43. The molecule has 0 atom stereocenters. The van der Waals surface area contributed by atoms with E-state index in [1.807, 2.05) is 0 Å². The minimum Gasteiger partial charge on any atom is -0.298 e. The van der Waals surface area contributed by atoms with Gasteiger partial charge in [0, 0.05) is 23.3 Å². The highest BCUT2D eigenvalue weighted by Crippen LogP contribution is 2.28. The van der Waals surface area contributed by atoms with E-state index in [0.717, 1.165) is 24.3 Å². The molecule has 1 aliphatic heterocycles. The van der Waals surface area contributed by atoms with Crippen molar-refractivity contribution in [3.8, 4) is 0 Å². The van der Waals surface area contributed by atoms with Crippen LogP contribution in [0.15, 0.2) is 53.4 Å². The van der Waals surface area contributed by atoms with Gasteiger partial charge in [-0.1, -0.05) is 6.07 Å². The molecular weight excluding hydrogens is 365 g/mol. The van der Waals surface area contributed by atoms with Crippen molar-refractivity contribution < 1.29 is 22.5 Å². The number of rotatable bonds is 4. The molecule has 2 N–H and O–H groups in total. The van der Waals surface area contributed by atoms with Crippen molar-refractivity contribution in [1.29, 1.82) is 0 Å². The van der Waals surface area contributed by atoms with E-state index in [0.29, 0.717) is 0 Å². The highest BCUT2D eigenvalue weighted by Gasteiger charge is 2.25. The van der Waals surface area contributed by atoms with Crippen molar-refractivity contribution in [1.82, 2.24) is 10.9 Å². The third-order valence-electron chi connectivity index (χ3n) is 3.70. The van der Waals surface area contributed by atoms with E-state index in [-0.39, 0.29) is 33.2 Å². The smallest absolute Gasteiger partial charge is 0.270 e. The van der Waals surface area contributed by atoms with Crippen LogP contribution in [0.5, 0.6) is 0 Å². The monoisotopic (exact) mass is 377 g/mol. The highest BCUT2D eigenvalue weighted by molar-refractivity contribution is 7.91. The summed E-state index contributed by atoms with van der Waals surface area (Å²) in [5.41, 5.74) is 4.98. The third-order valence-corrected chi connectivity index (χ3v) is 5.34. The summed E-state index contributed by atoms with van der Waals surface area (Å²) in [5.74, 6) is -1.60. The first-order valence-corrected chi connectivity index (χ1v) is 8.97. The number of carbonyl (C=O) groups excluding carboxylic acids is 1. The highest BCUT2D eigenvalue weighted by atomic mass is 32.2. The van der Waals surface area contributed by atoms with Gasteiger partial charge >= 0.3 is 0 Å². The number of benzene rings is 2. The van der Waals surface area contributed by atoms with Crippen LogP contribution in [0.25, 0.3) is 5.70 Å². The quantitative estimate of drug-likeness (QED) is 0.476. The Morgan fingerprint density at radius 2 is 1.96 bits per heavy atom. The SMILES string of the molecule is O=C(NNC1=CCS(=O)(=O)c2ccc(F)cc21)c1cccc([N+](=O)[O-])c1. The molecule has 1 heterocycles. The van der Waals surface area contributed by atoms with Gasteiger partial charge in [-0.3, -0.25) is 25.8 Å². The Balaban J connectivity index is 1.81. The van der Waals surface area contributed by atoms with E-state index in [1.54, 1.807) is 0 Å². The topological polar surface area (TPSA) is 118 Å². The van der Waals surface area contributed by atoms with Crippen molar-refractivity contribution in [2.24, 2.45) is 0 Å². The van der Waals surface area contributed by atoms with Crippen molar-refractivity contribution in [3.63, 3.8) is 0 Å². The zero-order chi connectivity index (χ0) is 18.9. The maximum Gasteiger partial charge on any atom is 0.270 e. The third kappa shape index (κ3) is 3.40. The number of hydrazine groups is 1. The van der Waals surface area contributed by atoms with E-state index < -0.39 is 26.5 Å². The fourth-order valence-electron chi connectivity index (χ4n) is 2.45. The summed E-state index contributed by atoms with van der Waals surface area (Å²) in [6.45, 7) is 0. The number of non-ortho nitro benzene ring substituents is 1. The molecule has 2 aromatic carbocycles. The summed E-state index contributed by atoms with van der Waals surface area (Å²) in [6.07, 6.45) is 1.31. The number of hydrogen-bond donors (Lipinski definition) is 2. The number of halogens is 1. The second kappa shape index (κ2) is 6.56. The van der Waals surface area contributed by atoms with Gasteiger partial charge in [0.2, 0.25) is 0 Å². The van der Waals surface area contributed by atoms with Gasteiger partial charge < -0.3 is 0 Å². The molecule has 0 saturated heterocycles. The number of carbonyl (C=O) groups is 1. The molecule has 0 radical (unpaired) electrons. The van der Waals surface area contributed by atoms with Gasteiger partial charge in [0.05, 0.1) is 21.3 Å². The van der Waals surface area contributed by atoms with Crippen LogP contribution in [-0.4, -0.2) is 25.0 Å². The summed E-state index contributed by atoms with van der Waals surface area (Å²) in [6, 6.07) is 8.35. The average Bonchev–Trinajstić information content (AvgIpc) is 2.60. The van der Waals surface area contributed by atoms with Crippen LogP contribution in [-0.2, 0) is 9.84 Å². The normalized spacial score (nSPS) is 14.7. The maximum absolute atomic E-state index is 13.5. The molecule has 134 valence electrons. The van der Waals surface area contributed by atoms with Gasteiger partial charge in [0.25, 0.3) is 11.6 Å². The fraction of sp³-hybridized carbons (Fsp3) is 0.0625. The Labute approximate surface area is 147 Å². The van der Waals surface area contributed by atoms with Crippen LogP contribution in [0, 0.1) is 15.9 Å². The molecule has 0 fully saturated rings. The van der Waals surface area contributed by atoms with Gasteiger partial charge in [-0.05, 0) is 30.3 Å². The number of amides is 1. The Bertz CT molecular complexity index is 1050. The van der Waals surface area contributed by atoms with Crippen LogP contribution < -0.4 is 10.9 Å². The lowest BCUT2D eigenvalue weighted by Crippen LogP contribution is -2.37. The zero-order valence-corrected chi connectivity index (χ0v) is 13.9. The minimum atomic E-state index is -3.57.